The van der Waals surface area contributed by atoms with Crippen molar-refractivity contribution in [3.05, 3.63) is 0 Å². The highest BCUT2D eigenvalue weighted by Crippen LogP contribution is 2.36. The molecule has 0 bridgehead atoms. The van der Waals surface area contributed by atoms with Crippen molar-refractivity contribution in [2.24, 2.45) is 11.3 Å². The van der Waals surface area contributed by atoms with Gasteiger partial charge in [-0.2, -0.15) is 13.2 Å². The number of amides is 1. The maximum absolute atomic E-state index is 13.5. The molecule has 4 nitrogen and oxygen atoms in total. The summed E-state index contributed by atoms with van der Waals surface area (Å²) >= 11 is 0. The first-order valence-electron chi connectivity index (χ1n) is 12.7. The minimum atomic E-state index is -4.37. The van der Waals surface area contributed by atoms with Crippen LogP contribution in [0.1, 0.15) is 104 Å². The predicted octanol–water partition coefficient (Wildman–Crippen LogP) is 7.75. The number of alkyl halides is 3. The fourth-order valence-electron chi connectivity index (χ4n) is 4.99. The lowest BCUT2D eigenvalue weighted by molar-refractivity contribution is -0.239. The Morgan fingerprint density at radius 1 is 0.906 bits per heavy atom. The third-order valence-corrected chi connectivity index (χ3v) is 7.62. The zero-order valence-electron chi connectivity index (χ0n) is 20.8. The molecule has 1 saturated heterocycles. The van der Waals surface area contributed by atoms with E-state index in [1.807, 2.05) is 0 Å². The van der Waals surface area contributed by atoms with Crippen molar-refractivity contribution in [2.75, 3.05) is 26.8 Å². The molecule has 0 aromatic rings. The largest absolute Gasteiger partial charge is 0.453 e. The van der Waals surface area contributed by atoms with Crippen LogP contribution in [0.15, 0.2) is 0 Å². The zero-order valence-corrected chi connectivity index (χ0v) is 20.8. The van der Waals surface area contributed by atoms with E-state index >= 15 is 0 Å². The summed E-state index contributed by atoms with van der Waals surface area (Å²) in [5, 5.41) is 0. The third-order valence-electron chi connectivity index (χ3n) is 7.62. The minimum absolute atomic E-state index is 0.146. The van der Waals surface area contributed by atoms with E-state index in [1.165, 1.54) is 57.0 Å². The van der Waals surface area contributed by atoms with Crippen molar-refractivity contribution in [3.8, 4) is 0 Å². The number of methoxy groups -OCH3 is 1. The Morgan fingerprint density at radius 3 is 1.88 bits per heavy atom. The molecule has 1 rings (SSSR count). The molecule has 1 atom stereocenters. The Morgan fingerprint density at radius 2 is 1.41 bits per heavy atom. The molecule has 0 radical (unpaired) electrons. The standard InChI is InChI=1S/C25H46F3NO3/c1-5-24(6-2,7-3)17-13-11-9-8-10-12-14-20-32-22(25(26,27)28)21-15-18-29(19-16-21)23(30)31-4/h21-22H,5-20H2,1-4H3. The number of unbranched alkanes of at least 4 members (excludes halogenated alkanes) is 6. The Kier molecular flexibility index (Phi) is 13.6. The summed E-state index contributed by atoms with van der Waals surface area (Å²) in [4.78, 5) is 13.0. The predicted molar refractivity (Wildman–Crippen MR) is 123 cm³/mol. The van der Waals surface area contributed by atoms with Gasteiger partial charge in [0.2, 0.25) is 0 Å². The van der Waals surface area contributed by atoms with Crippen molar-refractivity contribution in [1.29, 1.82) is 0 Å². The monoisotopic (exact) mass is 465 g/mol. The number of hydrogen-bond donors (Lipinski definition) is 0. The first-order valence-corrected chi connectivity index (χ1v) is 12.7. The molecule has 0 spiro atoms. The number of nitrogens with zero attached hydrogens (tertiary/aromatic N) is 1. The molecule has 0 aliphatic carbocycles. The van der Waals surface area contributed by atoms with Gasteiger partial charge in [0.1, 0.15) is 0 Å². The zero-order chi connectivity index (χ0) is 24.0. The van der Waals surface area contributed by atoms with Crippen LogP contribution in [0.25, 0.3) is 0 Å². The van der Waals surface area contributed by atoms with Crippen molar-refractivity contribution >= 4 is 6.09 Å². The van der Waals surface area contributed by atoms with Crippen LogP contribution in [0.4, 0.5) is 18.0 Å². The molecule has 1 aliphatic rings. The van der Waals surface area contributed by atoms with E-state index in [9.17, 15) is 18.0 Å². The summed E-state index contributed by atoms with van der Waals surface area (Å²) in [7, 11) is 1.28. The van der Waals surface area contributed by atoms with Gasteiger partial charge in [-0.3, -0.25) is 0 Å². The number of hydrogen-bond acceptors (Lipinski definition) is 3. The molecule has 1 amide bonds. The van der Waals surface area contributed by atoms with E-state index in [4.69, 9.17) is 4.74 Å². The molecule has 0 N–H and O–H groups in total. The Bertz CT molecular complexity index is 493. The van der Waals surface area contributed by atoms with E-state index in [0.717, 1.165) is 19.3 Å². The normalized spacial score (nSPS) is 16.9. The summed E-state index contributed by atoms with van der Waals surface area (Å²) in [6.07, 6.45) is 6.56. The summed E-state index contributed by atoms with van der Waals surface area (Å²) in [5.41, 5.74) is 0.516. The smallest absolute Gasteiger partial charge is 0.414 e. The van der Waals surface area contributed by atoms with Gasteiger partial charge < -0.3 is 14.4 Å². The van der Waals surface area contributed by atoms with E-state index < -0.39 is 24.3 Å². The molecule has 1 unspecified atom stereocenters. The first kappa shape index (κ1) is 29.1. The highest BCUT2D eigenvalue weighted by atomic mass is 19.4. The molecule has 0 aromatic heterocycles. The number of rotatable bonds is 15. The van der Waals surface area contributed by atoms with Gasteiger partial charge in [-0.15, -0.1) is 0 Å². The van der Waals surface area contributed by atoms with Gasteiger partial charge in [0.05, 0.1) is 7.11 Å². The van der Waals surface area contributed by atoms with Crippen LogP contribution in [-0.2, 0) is 9.47 Å². The van der Waals surface area contributed by atoms with Gasteiger partial charge in [-0.25, -0.2) is 4.79 Å². The second-order valence-electron chi connectivity index (χ2n) is 9.41. The second kappa shape index (κ2) is 15.0. The number of ether oxygens (including phenoxy) is 2. The van der Waals surface area contributed by atoms with Crippen molar-refractivity contribution in [2.45, 2.75) is 117 Å². The minimum Gasteiger partial charge on any atom is -0.453 e. The van der Waals surface area contributed by atoms with E-state index in [0.29, 0.717) is 11.8 Å². The molecule has 1 fully saturated rings. The van der Waals surface area contributed by atoms with Gasteiger partial charge in [0.25, 0.3) is 0 Å². The van der Waals surface area contributed by atoms with Crippen LogP contribution in [0.5, 0.6) is 0 Å². The number of halogens is 3. The molecule has 1 heterocycles. The first-order chi connectivity index (χ1) is 15.2. The summed E-state index contributed by atoms with van der Waals surface area (Å²) in [6, 6.07) is 0. The highest BCUT2D eigenvalue weighted by molar-refractivity contribution is 5.67. The maximum atomic E-state index is 13.5. The topological polar surface area (TPSA) is 38.8 Å². The summed E-state index contributed by atoms with van der Waals surface area (Å²) in [5.74, 6) is -0.600. The van der Waals surface area contributed by atoms with E-state index in [-0.39, 0.29) is 32.5 Å². The molecule has 7 heteroatoms. The average molecular weight is 466 g/mol. The summed E-state index contributed by atoms with van der Waals surface area (Å²) < 4.78 is 50.5. The molecule has 0 saturated carbocycles. The molecule has 1 aliphatic heterocycles. The van der Waals surface area contributed by atoms with Crippen LogP contribution < -0.4 is 0 Å². The highest BCUT2D eigenvalue weighted by Gasteiger charge is 2.46. The van der Waals surface area contributed by atoms with Gasteiger partial charge in [-0.05, 0) is 37.0 Å². The quantitative estimate of drug-likeness (QED) is 0.232. The van der Waals surface area contributed by atoms with Crippen molar-refractivity contribution < 1.29 is 27.4 Å². The SMILES string of the molecule is CCC(CC)(CC)CCCCCCCCCOC(C1CCN(C(=O)OC)CC1)C(F)(F)F. The van der Waals surface area contributed by atoms with Crippen molar-refractivity contribution in [3.63, 3.8) is 0 Å². The Labute approximate surface area is 193 Å². The maximum Gasteiger partial charge on any atom is 0.414 e. The third kappa shape index (κ3) is 9.88. The molecular formula is C25H46F3NO3. The lowest BCUT2D eigenvalue weighted by Gasteiger charge is -2.36. The average Bonchev–Trinajstić information content (AvgIpc) is 2.79. The van der Waals surface area contributed by atoms with Crippen LogP contribution >= 0.6 is 0 Å². The van der Waals surface area contributed by atoms with Crippen LogP contribution in [-0.4, -0.2) is 50.1 Å². The summed E-state index contributed by atoms with van der Waals surface area (Å²) in [6.45, 7) is 7.59. The lowest BCUT2D eigenvalue weighted by atomic mass is 9.75. The van der Waals surface area contributed by atoms with E-state index in [1.54, 1.807) is 0 Å². The van der Waals surface area contributed by atoms with Crippen LogP contribution in [0.3, 0.4) is 0 Å². The van der Waals surface area contributed by atoms with Gasteiger partial charge in [0.15, 0.2) is 6.10 Å². The Balaban J connectivity index is 2.19. The second-order valence-corrected chi connectivity index (χ2v) is 9.41. The van der Waals surface area contributed by atoms with Crippen LogP contribution in [0.2, 0.25) is 0 Å². The number of carbonyl (C=O) groups excluding carboxylic acids is 1. The lowest BCUT2D eigenvalue weighted by Crippen LogP contribution is -2.46. The fourth-order valence-corrected chi connectivity index (χ4v) is 4.99. The number of piperidine rings is 1. The van der Waals surface area contributed by atoms with Gasteiger partial charge >= 0.3 is 12.3 Å². The van der Waals surface area contributed by atoms with Gasteiger partial charge in [0, 0.05) is 19.7 Å². The molecule has 0 aromatic carbocycles. The van der Waals surface area contributed by atoms with Crippen LogP contribution in [0, 0.1) is 11.3 Å². The molecular weight excluding hydrogens is 419 g/mol. The van der Waals surface area contributed by atoms with Gasteiger partial charge in [-0.1, -0.05) is 78.6 Å². The number of likely N-dealkylation sites (tertiary alicyclic amines) is 1. The van der Waals surface area contributed by atoms with Crippen molar-refractivity contribution in [1.82, 2.24) is 4.90 Å². The molecule has 190 valence electrons. The van der Waals surface area contributed by atoms with E-state index in [2.05, 4.69) is 25.5 Å². The number of carbonyl (C=O) groups is 1. The molecule has 32 heavy (non-hydrogen) atoms. The fraction of sp³-hybridized carbons (Fsp3) is 0.960. The Hall–Kier alpha value is -0.980.